The molecule has 0 aliphatic carbocycles. The summed E-state index contributed by atoms with van der Waals surface area (Å²) in [6, 6.07) is 0.673. The first-order chi connectivity index (χ1) is 10.8. The van der Waals surface area contributed by atoms with Crippen molar-refractivity contribution in [3.8, 4) is 0 Å². The van der Waals surface area contributed by atoms with Crippen LogP contribution in [0.25, 0.3) is 0 Å². The zero-order valence-electron chi connectivity index (χ0n) is 16.6. The smallest absolute Gasteiger partial charge is 0.0143 e. The van der Waals surface area contributed by atoms with Crippen molar-refractivity contribution >= 4 is 0 Å². The molecule has 0 aliphatic rings. The van der Waals surface area contributed by atoms with Crippen LogP contribution in [-0.2, 0) is 0 Å². The van der Waals surface area contributed by atoms with Crippen LogP contribution in [0.15, 0.2) is 24.4 Å². The molecule has 0 amide bonds. The molecule has 0 saturated carbocycles. The number of hydrogen-bond donors (Lipinski definition) is 1. The van der Waals surface area contributed by atoms with Gasteiger partial charge in [-0.05, 0) is 59.0 Å². The molecular weight excluding hydrogens is 280 g/mol. The van der Waals surface area contributed by atoms with Gasteiger partial charge in [0.25, 0.3) is 0 Å². The van der Waals surface area contributed by atoms with Crippen LogP contribution >= 0.6 is 0 Å². The lowest BCUT2D eigenvalue weighted by molar-refractivity contribution is 0.267. The first kappa shape index (κ1) is 22.2. The van der Waals surface area contributed by atoms with Gasteiger partial charge in [-0.1, -0.05) is 58.3 Å². The third kappa shape index (κ3) is 13.4. The third-order valence-corrected chi connectivity index (χ3v) is 4.76. The van der Waals surface area contributed by atoms with Crippen molar-refractivity contribution in [2.75, 3.05) is 20.1 Å². The summed E-state index contributed by atoms with van der Waals surface area (Å²) < 4.78 is 0. The van der Waals surface area contributed by atoms with E-state index in [0.29, 0.717) is 12.0 Å². The fraction of sp³-hybridized carbons (Fsp3) is 0.810. The summed E-state index contributed by atoms with van der Waals surface area (Å²) in [5, 5.41) is 3.46. The molecule has 0 heterocycles. The molecule has 0 bridgehead atoms. The van der Waals surface area contributed by atoms with Gasteiger partial charge in [-0.15, -0.1) is 0 Å². The largest absolute Gasteiger partial charge is 0.389 e. The number of nitrogens with one attached hydrogen (secondary N) is 1. The van der Waals surface area contributed by atoms with Gasteiger partial charge in [0.05, 0.1) is 0 Å². The molecule has 0 aliphatic heterocycles. The van der Waals surface area contributed by atoms with Gasteiger partial charge in [0.15, 0.2) is 0 Å². The molecule has 136 valence electrons. The van der Waals surface area contributed by atoms with Gasteiger partial charge in [0, 0.05) is 18.3 Å². The Labute approximate surface area is 146 Å². The summed E-state index contributed by atoms with van der Waals surface area (Å²) in [6.07, 6.45) is 10.1. The van der Waals surface area contributed by atoms with Crippen LogP contribution < -0.4 is 5.32 Å². The van der Waals surface area contributed by atoms with Crippen molar-refractivity contribution in [3.63, 3.8) is 0 Å². The number of unbranched alkanes of at least 4 members (excludes halogenated alkanes) is 5. The Balaban J connectivity index is 3.36. The maximum atomic E-state index is 4.12. The average Bonchev–Trinajstić information content (AvgIpc) is 2.50. The maximum Gasteiger partial charge on any atom is 0.0143 e. The summed E-state index contributed by atoms with van der Waals surface area (Å²) in [6.45, 7) is 19.5. The van der Waals surface area contributed by atoms with Crippen molar-refractivity contribution in [2.45, 2.75) is 85.1 Å². The van der Waals surface area contributed by atoms with Gasteiger partial charge in [-0.25, -0.2) is 0 Å². The average molecular weight is 323 g/mol. The highest BCUT2D eigenvalue weighted by Gasteiger charge is 2.02. The molecule has 0 rings (SSSR count). The van der Waals surface area contributed by atoms with E-state index in [1.165, 1.54) is 56.3 Å². The first-order valence-corrected chi connectivity index (χ1v) is 9.64. The molecule has 0 aromatic heterocycles. The number of rotatable bonds is 15. The maximum absolute atomic E-state index is 4.12. The highest BCUT2D eigenvalue weighted by atomic mass is 15.1. The number of nitrogens with zero attached hydrogens (tertiary/aromatic N) is 1. The van der Waals surface area contributed by atoms with Crippen LogP contribution in [-0.4, -0.2) is 31.1 Å². The second-order valence-corrected chi connectivity index (χ2v) is 7.54. The molecule has 0 radical (unpaired) electrons. The van der Waals surface area contributed by atoms with Crippen molar-refractivity contribution < 1.29 is 0 Å². The Morgan fingerprint density at radius 1 is 0.870 bits per heavy atom. The van der Waals surface area contributed by atoms with E-state index < -0.39 is 0 Å². The van der Waals surface area contributed by atoms with Gasteiger partial charge >= 0.3 is 0 Å². The fourth-order valence-corrected chi connectivity index (χ4v) is 2.41. The quantitative estimate of drug-likeness (QED) is 0.304. The molecule has 0 atom stereocenters. The van der Waals surface area contributed by atoms with E-state index in [0.717, 1.165) is 19.4 Å². The Bertz CT molecular complexity index is 318. The lowest BCUT2D eigenvalue weighted by Gasteiger charge is -2.20. The first-order valence-electron chi connectivity index (χ1n) is 9.64. The van der Waals surface area contributed by atoms with Gasteiger partial charge < -0.3 is 10.2 Å². The van der Waals surface area contributed by atoms with E-state index in [9.17, 15) is 0 Å². The Kier molecular flexibility index (Phi) is 13.2. The molecule has 0 saturated heterocycles. The highest BCUT2D eigenvalue weighted by molar-refractivity contribution is 5.02. The minimum Gasteiger partial charge on any atom is -0.389 e. The standard InChI is InChI=1S/C21H42N2/c1-18(2)20(5)14-15-21(6)22-16-12-10-8-9-11-13-17-23(7)19(3)4/h18-19,22H,5-6,8-17H2,1-4,7H3. The zero-order chi connectivity index (χ0) is 17.7. The van der Waals surface area contributed by atoms with E-state index in [1.54, 1.807) is 0 Å². The minimum atomic E-state index is 0.586. The molecule has 0 fully saturated rings. The van der Waals surface area contributed by atoms with E-state index in [2.05, 4.69) is 58.1 Å². The molecule has 1 N–H and O–H groups in total. The molecule has 23 heavy (non-hydrogen) atoms. The number of hydrogen-bond acceptors (Lipinski definition) is 2. The second-order valence-electron chi connectivity index (χ2n) is 7.54. The topological polar surface area (TPSA) is 15.3 Å². The normalized spacial score (nSPS) is 11.5. The highest BCUT2D eigenvalue weighted by Crippen LogP contribution is 2.15. The van der Waals surface area contributed by atoms with Crippen LogP contribution in [0.2, 0.25) is 0 Å². The Hall–Kier alpha value is -0.760. The molecule has 0 spiro atoms. The Morgan fingerprint density at radius 3 is 2.00 bits per heavy atom. The molecule has 0 aromatic rings. The molecule has 0 aromatic carbocycles. The SMILES string of the molecule is C=C(CCC(=C)C(C)C)NCCCCCCCCN(C)C(C)C. The second kappa shape index (κ2) is 13.7. The summed E-state index contributed by atoms with van der Waals surface area (Å²) in [5.74, 6) is 0.586. The van der Waals surface area contributed by atoms with Crippen molar-refractivity contribution in [2.24, 2.45) is 5.92 Å². The zero-order valence-corrected chi connectivity index (χ0v) is 16.6. The third-order valence-electron chi connectivity index (χ3n) is 4.76. The van der Waals surface area contributed by atoms with E-state index in [4.69, 9.17) is 0 Å². The molecular formula is C21H42N2. The van der Waals surface area contributed by atoms with E-state index >= 15 is 0 Å². The summed E-state index contributed by atoms with van der Waals surface area (Å²) in [4.78, 5) is 2.43. The van der Waals surface area contributed by atoms with Crippen LogP contribution in [0, 0.1) is 5.92 Å². The predicted octanol–water partition coefficient (Wildman–Crippen LogP) is 5.76. The lowest BCUT2D eigenvalue weighted by atomic mass is 10.00. The van der Waals surface area contributed by atoms with Crippen molar-refractivity contribution in [1.82, 2.24) is 10.2 Å². The minimum absolute atomic E-state index is 0.586. The predicted molar refractivity (Wildman–Crippen MR) is 106 cm³/mol. The van der Waals surface area contributed by atoms with Gasteiger partial charge in [0.1, 0.15) is 0 Å². The summed E-state index contributed by atoms with van der Waals surface area (Å²) in [5.41, 5.74) is 2.50. The van der Waals surface area contributed by atoms with Gasteiger partial charge in [-0.2, -0.15) is 0 Å². The monoisotopic (exact) mass is 322 g/mol. The van der Waals surface area contributed by atoms with Gasteiger partial charge in [0.2, 0.25) is 0 Å². The van der Waals surface area contributed by atoms with E-state index in [1.807, 2.05) is 0 Å². The summed E-state index contributed by atoms with van der Waals surface area (Å²) in [7, 11) is 2.22. The lowest BCUT2D eigenvalue weighted by Crippen LogP contribution is -2.27. The molecule has 0 unspecified atom stereocenters. The Morgan fingerprint density at radius 2 is 1.43 bits per heavy atom. The van der Waals surface area contributed by atoms with Crippen LogP contribution in [0.5, 0.6) is 0 Å². The van der Waals surface area contributed by atoms with Crippen molar-refractivity contribution in [3.05, 3.63) is 24.4 Å². The molecule has 2 nitrogen and oxygen atoms in total. The molecule has 2 heteroatoms. The van der Waals surface area contributed by atoms with Crippen molar-refractivity contribution in [1.29, 1.82) is 0 Å². The van der Waals surface area contributed by atoms with E-state index in [-0.39, 0.29) is 0 Å². The van der Waals surface area contributed by atoms with Gasteiger partial charge in [-0.3, -0.25) is 0 Å². The fourth-order valence-electron chi connectivity index (χ4n) is 2.41. The summed E-state index contributed by atoms with van der Waals surface area (Å²) >= 11 is 0. The van der Waals surface area contributed by atoms with Crippen LogP contribution in [0.4, 0.5) is 0 Å². The number of allylic oxidation sites excluding steroid dienone is 2. The van der Waals surface area contributed by atoms with Crippen LogP contribution in [0.1, 0.15) is 79.1 Å². The van der Waals surface area contributed by atoms with Crippen LogP contribution in [0.3, 0.4) is 0 Å².